The van der Waals surface area contributed by atoms with Gasteiger partial charge < -0.3 is 15.2 Å². The van der Waals surface area contributed by atoms with E-state index in [4.69, 9.17) is 23.2 Å². The Balaban J connectivity index is 1.04. The Kier molecular flexibility index (Phi) is 7.81. The molecule has 1 aliphatic carbocycles. The van der Waals surface area contributed by atoms with E-state index in [1.54, 1.807) is 24.3 Å². The van der Waals surface area contributed by atoms with Crippen LogP contribution in [0.5, 0.6) is 0 Å². The van der Waals surface area contributed by atoms with Gasteiger partial charge in [-0.3, -0.25) is 4.79 Å². The molecule has 35 heavy (non-hydrogen) atoms. The van der Waals surface area contributed by atoms with Crippen LogP contribution >= 0.6 is 23.2 Å². The van der Waals surface area contributed by atoms with Crippen LogP contribution in [0, 0.1) is 5.92 Å². The zero-order chi connectivity index (χ0) is 24.2. The van der Waals surface area contributed by atoms with E-state index < -0.39 is 0 Å². The van der Waals surface area contributed by atoms with Gasteiger partial charge in [-0.15, -0.1) is 0 Å². The van der Waals surface area contributed by atoms with Crippen LogP contribution in [0.2, 0.25) is 10.0 Å². The van der Waals surface area contributed by atoms with Crippen molar-refractivity contribution in [2.24, 2.45) is 5.92 Å². The number of hydrogen-bond acceptors (Lipinski definition) is 2. The topological polar surface area (TPSA) is 48.1 Å². The summed E-state index contributed by atoms with van der Waals surface area (Å²) >= 11 is 12.1. The van der Waals surface area contributed by atoms with E-state index in [1.165, 1.54) is 61.8 Å². The predicted molar refractivity (Wildman–Crippen MR) is 146 cm³/mol. The molecule has 1 saturated carbocycles. The Bertz CT molecular complexity index is 1190. The zero-order valence-corrected chi connectivity index (χ0v) is 21.5. The number of para-hydroxylation sites is 1. The van der Waals surface area contributed by atoms with Crippen molar-refractivity contribution in [3.63, 3.8) is 0 Å². The molecular formula is C29H33Cl2N3O. The highest BCUT2D eigenvalue weighted by molar-refractivity contribution is 6.35. The molecule has 0 bridgehead atoms. The molecule has 0 radical (unpaired) electrons. The molecule has 0 atom stereocenters. The van der Waals surface area contributed by atoms with Crippen molar-refractivity contribution in [3.8, 4) is 0 Å². The van der Waals surface area contributed by atoms with Crippen molar-refractivity contribution in [1.82, 2.24) is 15.2 Å². The van der Waals surface area contributed by atoms with E-state index in [9.17, 15) is 4.79 Å². The smallest absolute Gasteiger partial charge is 0.244 e. The second kappa shape index (κ2) is 11.2. The van der Waals surface area contributed by atoms with Crippen molar-refractivity contribution in [2.45, 2.75) is 50.5 Å². The van der Waals surface area contributed by atoms with E-state index >= 15 is 0 Å². The molecular weight excluding hydrogens is 477 g/mol. The summed E-state index contributed by atoms with van der Waals surface area (Å²) < 4.78 is 0. The minimum Gasteiger partial charge on any atom is -0.361 e. The van der Waals surface area contributed by atoms with Gasteiger partial charge in [-0.05, 0) is 98.9 Å². The summed E-state index contributed by atoms with van der Waals surface area (Å²) in [6.45, 7) is 3.55. The van der Waals surface area contributed by atoms with Crippen LogP contribution in [0.15, 0.2) is 54.7 Å². The lowest BCUT2D eigenvalue weighted by molar-refractivity contribution is -0.117. The lowest BCUT2D eigenvalue weighted by Gasteiger charge is -2.36. The van der Waals surface area contributed by atoms with Crippen molar-refractivity contribution >= 4 is 46.1 Å². The minimum atomic E-state index is -0.0566. The van der Waals surface area contributed by atoms with Gasteiger partial charge in [-0.25, -0.2) is 0 Å². The third-order valence-corrected chi connectivity index (χ3v) is 8.30. The maximum Gasteiger partial charge on any atom is 0.244 e. The molecule has 1 aliphatic heterocycles. The Morgan fingerprint density at radius 1 is 1.03 bits per heavy atom. The predicted octanol–water partition coefficient (Wildman–Crippen LogP) is 7.04. The number of piperidine rings is 1. The first-order valence-corrected chi connectivity index (χ1v) is 13.5. The zero-order valence-electron chi connectivity index (χ0n) is 20.0. The number of halogens is 2. The highest BCUT2D eigenvalue weighted by Gasteiger charge is 2.27. The maximum atomic E-state index is 12.4. The Morgan fingerprint density at radius 3 is 2.57 bits per heavy atom. The number of carbonyl (C=O) groups is 1. The van der Waals surface area contributed by atoms with Crippen molar-refractivity contribution in [3.05, 3.63) is 75.9 Å². The monoisotopic (exact) mass is 509 g/mol. The first-order chi connectivity index (χ1) is 17.0. The molecule has 4 nitrogen and oxygen atoms in total. The number of likely N-dealkylation sites (tertiary alicyclic amines) is 1. The quantitative estimate of drug-likeness (QED) is 0.350. The SMILES string of the molecule is O=C(/C=C/c1ccc(Cl)cc1Cl)NC1CCC(CN2CCC(c3c[nH]c4ccccc34)CC2)CC1. The summed E-state index contributed by atoms with van der Waals surface area (Å²) in [5.74, 6) is 1.33. The van der Waals surface area contributed by atoms with E-state index in [0.717, 1.165) is 24.3 Å². The third kappa shape index (κ3) is 6.11. The number of fused-ring (bicyclic) bond motifs is 1. The van der Waals surface area contributed by atoms with Gasteiger partial charge in [0.2, 0.25) is 5.91 Å². The van der Waals surface area contributed by atoms with Gasteiger partial charge in [-0.2, -0.15) is 0 Å². The molecule has 0 spiro atoms. The van der Waals surface area contributed by atoms with Crippen LogP contribution in [0.4, 0.5) is 0 Å². The summed E-state index contributed by atoms with van der Waals surface area (Å²) in [5.41, 5.74) is 3.53. The number of carbonyl (C=O) groups excluding carboxylic acids is 1. The fourth-order valence-corrected chi connectivity index (χ4v) is 6.24. The fourth-order valence-electron chi connectivity index (χ4n) is 5.76. The summed E-state index contributed by atoms with van der Waals surface area (Å²) in [6, 6.07) is 14.2. The van der Waals surface area contributed by atoms with Crippen LogP contribution < -0.4 is 5.32 Å². The molecule has 6 heteroatoms. The maximum absolute atomic E-state index is 12.4. The number of nitrogens with one attached hydrogen (secondary N) is 2. The van der Waals surface area contributed by atoms with Crippen LogP contribution in [0.1, 0.15) is 55.6 Å². The molecule has 1 saturated heterocycles. The number of rotatable bonds is 6. The number of aromatic amines is 1. The van der Waals surface area contributed by atoms with Gasteiger partial charge in [0.05, 0.1) is 0 Å². The summed E-state index contributed by atoms with van der Waals surface area (Å²) in [5, 5.41) is 5.69. The molecule has 1 aromatic heterocycles. The second-order valence-corrected chi connectivity index (χ2v) is 10.9. The molecule has 2 N–H and O–H groups in total. The summed E-state index contributed by atoms with van der Waals surface area (Å²) in [7, 11) is 0. The van der Waals surface area contributed by atoms with Gasteiger partial charge in [0.1, 0.15) is 0 Å². The lowest BCUT2D eigenvalue weighted by atomic mass is 9.84. The molecule has 0 unspecified atom stereocenters. The number of hydrogen-bond donors (Lipinski definition) is 2. The third-order valence-electron chi connectivity index (χ3n) is 7.73. The van der Waals surface area contributed by atoms with E-state index in [0.29, 0.717) is 16.0 Å². The van der Waals surface area contributed by atoms with Crippen molar-refractivity contribution < 1.29 is 4.79 Å². The molecule has 2 heterocycles. The van der Waals surface area contributed by atoms with Gasteiger partial charge in [0, 0.05) is 45.8 Å². The summed E-state index contributed by atoms with van der Waals surface area (Å²) in [6.07, 6.45) is 12.5. The number of aromatic nitrogens is 1. The molecule has 184 valence electrons. The Hall–Kier alpha value is -2.27. The number of H-pyrrole nitrogens is 1. The average molecular weight is 511 g/mol. The van der Waals surface area contributed by atoms with Gasteiger partial charge in [0.25, 0.3) is 0 Å². The van der Waals surface area contributed by atoms with Crippen LogP contribution in [0.25, 0.3) is 17.0 Å². The van der Waals surface area contributed by atoms with Crippen LogP contribution in [0.3, 0.4) is 0 Å². The van der Waals surface area contributed by atoms with Gasteiger partial charge in [0.15, 0.2) is 0 Å². The largest absolute Gasteiger partial charge is 0.361 e. The highest BCUT2D eigenvalue weighted by atomic mass is 35.5. The minimum absolute atomic E-state index is 0.0566. The number of amides is 1. The fraction of sp³-hybridized carbons (Fsp3) is 0.414. The molecule has 3 aromatic rings. The molecule has 2 aliphatic rings. The summed E-state index contributed by atoms with van der Waals surface area (Å²) in [4.78, 5) is 18.5. The molecule has 1 amide bonds. The van der Waals surface area contributed by atoms with Crippen LogP contribution in [-0.4, -0.2) is 41.5 Å². The Labute approximate surface area is 217 Å². The molecule has 2 fully saturated rings. The van der Waals surface area contributed by atoms with Crippen molar-refractivity contribution in [1.29, 1.82) is 0 Å². The van der Waals surface area contributed by atoms with E-state index in [1.807, 2.05) is 6.07 Å². The average Bonchev–Trinajstić information content (AvgIpc) is 3.29. The first kappa shape index (κ1) is 24.4. The second-order valence-electron chi connectivity index (χ2n) is 10.1. The normalized spacial score (nSPS) is 22.1. The first-order valence-electron chi connectivity index (χ1n) is 12.8. The molecule has 2 aromatic carbocycles. The number of benzene rings is 2. The Morgan fingerprint density at radius 2 is 1.80 bits per heavy atom. The van der Waals surface area contributed by atoms with Crippen molar-refractivity contribution in [2.75, 3.05) is 19.6 Å². The highest BCUT2D eigenvalue weighted by Crippen LogP contribution is 2.34. The van der Waals surface area contributed by atoms with Crippen LogP contribution in [-0.2, 0) is 4.79 Å². The van der Waals surface area contributed by atoms with E-state index in [-0.39, 0.29) is 11.9 Å². The number of nitrogens with zero attached hydrogens (tertiary/aromatic N) is 1. The lowest BCUT2D eigenvalue weighted by Crippen LogP contribution is -2.41. The standard InChI is InChI=1S/C29H33Cl2N3O/c30-23-9-7-22(27(31)17-23)8-12-29(35)33-24-10-5-20(6-11-24)19-34-15-13-21(14-16-34)26-18-32-28-4-2-1-3-25(26)28/h1-4,7-9,12,17-18,20-21,24,32H,5-6,10-11,13-16,19H2,(H,33,35)/b12-8+. The van der Waals surface area contributed by atoms with Gasteiger partial charge in [-0.1, -0.05) is 47.5 Å². The van der Waals surface area contributed by atoms with E-state index in [2.05, 4.69) is 45.7 Å². The van der Waals surface area contributed by atoms with Gasteiger partial charge >= 0.3 is 0 Å². The molecule has 5 rings (SSSR count).